The van der Waals surface area contributed by atoms with E-state index in [9.17, 15) is 14.4 Å². The van der Waals surface area contributed by atoms with Gasteiger partial charge in [0, 0.05) is 34.9 Å². The van der Waals surface area contributed by atoms with E-state index in [0.29, 0.717) is 48.5 Å². The first kappa shape index (κ1) is 29.3. The maximum absolute atomic E-state index is 13.5. The van der Waals surface area contributed by atoms with Gasteiger partial charge in [0.25, 0.3) is 5.56 Å². The first-order valence-electron chi connectivity index (χ1n) is 13.5. The molecular formula is C30H35ClN4O5. The van der Waals surface area contributed by atoms with E-state index in [-0.39, 0.29) is 18.2 Å². The molecule has 0 atom stereocenters. The van der Waals surface area contributed by atoms with E-state index in [1.807, 2.05) is 51.1 Å². The third-order valence-electron chi connectivity index (χ3n) is 7.05. The molecule has 0 aliphatic heterocycles. The third-order valence-corrected chi connectivity index (χ3v) is 7.29. The van der Waals surface area contributed by atoms with E-state index in [1.54, 1.807) is 25.4 Å². The Labute approximate surface area is 238 Å². The van der Waals surface area contributed by atoms with Gasteiger partial charge >= 0.3 is 12.1 Å². The summed E-state index contributed by atoms with van der Waals surface area (Å²) in [7, 11) is 0. The molecule has 4 rings (SSSR count). The molecule has 2 heterocycles. The fraction of sp³-hybridized carbons (Fsp3) is 0.433. The number of aromatic nitrogens is 3. The number of nitrogens with zero attached hydrogens (tertiary/aromatic N) is 3. The second-order valence-electron chi connectivity index (χ2n) is 11.0. The minimum Gasteiger partial charge on any atom is -0.462 e. The van der Waals surface area contributed by atoms with Crippen LogP contribution in [0.5, 0.6) is 0 Å². The van der Waals surface area contributed by atoms with Crippen molar-refractivity contribution in [2.24, 2.45) is 0 Å². The number of amides is 1. The van der Waals surface area contributed by atoms with Crippen LogP contribution in [-0.4, -0.2) is 45.6 Å². The summed E-state index contributed by atoms with van der Waals surface area (Å²) in [5, 5.41) is 8.22. The Morgan fingerprint density at radius 3 is 2.52 bits per heavy atom. The van der Waals surface area contributed by atoms with Gasteiger partial charge in [0.2, 0.25) is 0 Å². The van der Waals surface area contributed by atoms with Crippen molar-refractivity contribution in [1.82, 2.24) is 20.1 Å². The van der Waals surface area contributed by atoms with Gasteiger partial charge in [0.1, 0.15) is 11.2 Å². The molecule has 1 aromatic carbocycles. The molecule has 1 aliphatic rings. The van der Waals surface area contributed by atoms with Crippen LogP contribution in [0.4, 0.5) is 4.79 Å². The highest BCUT2D eigenvalue weighted by atomic mass is 35.5. The molecule has 0 saturated heterocycles. The Hall–Kier alpha value is -3.72. The average molecular weight is 567 g/mol. The van der Waals surface area contributed by atoms with Crippen LogP contribution in [0, 0.1) is 0 Å². The van der Waals surface area contributed by atoms with Crippen LogP contribution in [0.15, 0.2) is 59.7 Å². The maximum atomic E-state index is 13.5. The van der Waals surface area contributed by atoms with Gasteiger partial charge in [-0.05, 0) is 89.3 Å². The lowest BCUT2D eigenvalue weighted by Crippen LogP contribution is -2.46. The number of halogens is 1. The van der Waals surface area contributed by atoms with Crippen molar-refractivity contribution in [3.05, 3.63) is 81.4 Å². The summed E-state index contributed by atoms with van der Waals surface area (Å²) < 4.78 is 12.1. The van der Waals surface area contributed by atoms with Gasteiger partial charge in [0.15, 0.2) is 0 Å². The highest BCUT2D eigenvalue weighted by molar-refractivity contribution is 6.30. The molecule has 2 aromatic heterocycles. The first-order chi connectivity index (χ1) is 19.0. The zero-order valence-electron chi connectivity index (χ0n) is 23.3. The van der Waals surface area contributed by atoms with Crippen molar-refractivity contribution in [2.75, 3.05) is 13.2 Å². The fourth-order valence-corrected chi connectivity index (χ4v) is 5.30. The number of carbonyl (C=O) groups is 2. The Balaban J connectivity index is 1.65. The zero-order chi connectivity index (χ0) is 28.9. The summed E-state index contributed by atoms with van der Waals surface area (Å²) in [6, 6.07) is 12.5. The zero-order valence-corrected chi connectivity index (χ0v) is 24.0. The second kappa shape index (κ2) is 12.2. The molecule has 40 heavy (non-hydrogen) atoms. The smallest absolute Gasteiger partial charge is 0.407 e. The van der Waals surface area contributed by atoms with Crippen molar-refractivity contribution in [1.29, 1.82) is 0 Å². The van der Waals surface area contributed by atoms with E-state index in [0.717, 1.165) is 5.56 Å². The van der Waals surface area contributed by atoms with Crippen molar-refractivity contribution in [2.45, 2.75) is 70.4 Å². The van der Waals surface area contributed by atoms with Gasteiger partial charge in [0.05, 0.1) is 18.3 Å². The molecule has 0 bridgehead atoms. The molecule has 10 heteroatoms. The number of rotatable bonds is 7. The molecular weight excluding hydrogens is 532 g/mol. The Bertz CT molecular complexity index is 1410. The van der Waals surface area contributed by atoms with Crippen molar-refractivity contribution in [3.8, 4) is 11.3 Å². The molecule has 1 N–H and O–H groups in total. The van der Waals surface area contributed by atoms with Crippen molar-refractivity contribution in [3.63, 3.8) is 0 Å². The van der Waals surface area contributed by atoms with Crippen LogP contribution < -0.4 is 10.9 Å². The van der Waals surface area contributed by atoms with Crippen molar-refractivity contribution >= 4 is 23.7 Å². The monoisotopic (exact) mass is 566 g/mol. The molecule has 1 amide bonds. The predicted molar refractivity (Wildman–Crippen MR) is 153 cm³/mol. The molecule has 1 fully saturated rings. The van der Waals surface area contributed by atoms with Gasteiger partial charge in [-0.15, -0.1) is 0 Å². The standard InChI is InChI=1S/C30H35ClN4O5/c1-5-39-27(37)24-17-25(20-8-7-15-32-18-20)34-35(26(24)36)23-11-13-30(14-12-23,21-9-6-10-22(31)16-21)19-33-28(38)40-29(2,3)4/h6-10,15-18,23H,5,11-14,19H2,1-4H3,(H,33,38)/t23-,30-. The van der Waals surface area contributed by atoms with Gasteiger partial charge in [-0.2, -0.15) is 5.10 Å². The number of pyridine rings is 1. The predicted octanol–water partition coefficient (Wildman–Crippen LogP) is 5.71. The lowest BCUT2D eigenvalue weighted by atomic mass is 9.68. The summed E-state index contributed by atoms with van der Waals surface area (Å²) in [5.41, 5.74) is 0.570. The van der Waals surface area contributed by atoms with Crippen molar-refractivity contribution < 1.29 is 19.1 Å². The minimum atomic E-state index is -0.681. The van der Waals surface area contributed by atoms with E-state index in [1.165, 1.54) is 10.7 Å². The summed E-state index contributed by atoms with van der Waals surface area (Å²) >= 11 is 6.35. The molecule has 0 spiro atoms. The number of benzene rings is 1. The molecule has 3 aromatic rings. The first-order valence-corrected chi connectivity index (χ1v) is 13.8. The van der Waals surface area contributed by atoms with Crippen LogP contribution in [0.3, 0.4) is 0 Å². The number of ether oxygens (including phenoxy) is 2. The summed E-state index contributed by atoms with van der Waals surface area (Å²) in [6.45, 7) is 7.65. The fourth-order valence-electron chi connectivity index (χ4n) is 5.11. The summed E-state index contributed by atoms with van der Waals surface area (Å²) in [6.07, 6.45) is 5.27. The van der Waals surface area contributed by atoms with Crippen LogP contribution in [0.25, 0.3) is 11.3 Å². The molecule has 1 saturated carbocycles. The van der Waals surface area contributed by atoms with Crippen LogP contribution in [0.1, 0.15) is 75.3 Å². The SMILES string of the molecule is CCOC(=O)c1cc(-c2cccnc2)nn([C@H]2CC[C@](CNC(=O)OC(C)(C)C)(c3cccc(Cl)c3)CC2)c1=O. The highest BCUT2D eigenvalue weighted by Crippen LogP contribution is 2.43. The molecule has 0 radical (unpaired) electrons. The van der Waals surface area contributed by atoms with E-state index >= 15 is 0 Å². The van der Waals surface area contributed by atoms with Gasteiger partial charge in [-0.25, -0.2) is 14.3 Å². The number of hydrogen-bond acceptors (Lipinski definition) is 7. The minimum absolute atomic E-state index is 0.0611. The number of nitrogens with one attached hydrogen (secondary N) is 1. The quantitative estimate of drug-likeness (QED) is 0.364. The Morgan fingerprint density at radius 2 is 1.90 bits per heavy atom. The van der Waals surface area contributed by atoms with Crippen LogP contribution in [0.2, 0.25) is 5.02 Å². The number of carbonyl (C=O) groups excluding carboxylic acids is 2. The summed E-state index contributed by atoms with van der Waals surface area (Å²) in [4.78, 5) is 42.9. The number of esters is 1. The Kier molecular flexibility index (Phi) is 8.93. The lowest BCUT2D eigenvalue weighted by Gasteiger charge is -2.41. The third kappa shape index (κ3) is 6.88. The van der Waals surface area contributed by atoms with E-state index in [4.69, 9.17) is 21.1 Å². The molecule has 1 aliphatic carbocycles. The van der Waals surface area contributed by atoms with E-state index in [2.05, 4.69) is 15.4 Å². The topological polar surface area (TPSA) is 112 Å². The van der Waals surface area contributed by atoms with Gasteiger partial charge < -0.3 is 14.8 Å². The van der Waals surface area contributed by atoms with E-state index < -0.39 is 28.6 Å². The number of alkyl carbamates (subject to hydrolysis) is 1. The lowest BCUT2D eigenvalue weighted by molar-refractivity contribution is 0.0502. The van der Waals surface area contributed by atoms with Gasteiger partial charge in [-0.3, -0.25) is 9.78 Å². The number of hydrogen-bond donors (Lipinski definition) is 1. The highest BCUT2D eigenvalue weighted by Gasteiger charge is 2.39. The second-order valence-corrected chi connectivity index (χ2v) is 11.5. The summed E-state index contributed by atoms with van der Waals surface area (Å²) in [5.74, 6) is -0.681. The normalized spacial score (nSPS) is 19.1. The van der Waals surface area contributed by atoms with Crippen LogP contribution >= 0.6 is 11.6 Å². The Morgan fingerprint density at radius 1 is 1.15 bits per heavy atom. The van der Waals surface area contributed by atoms with Gasteiger partial charge in [-0.1, -0.05) is 23.7 Å². The average Bonchev–Trinajstić information content (AvgIpc) is 2.92. The molecule has 0 unspecified atom stereocenters. The largest absolute Gasteiger partial charge is 0.462 e. The maximum Gasteiger partial charge on any atom is 0.407 e. The molecule has 212 valence electrons. The van der Waals surface area contributed by atoms with Crippen LogP contribution in [-0.2, 0) is 14.9 Å². The molecule has 9 nitrogen and oxygen atoms in total.